The molecule has 1 aromatic heterocycles. The van der Waals surface area contributed by atoms with Gasteiger partial charge in [0.15, 0.2) is 0 Å². The highest BCUT2D eigenvalue weighted by Crippen LogP contribution is 2.26. The third-order valence-electron chi connectivity index (χ3n) is 3.19. The first-order chi connectivity index (χ1) is 7.78. The topological polar surface area (TPSA) is 42.4 Å². The highest BCUT2D eigenvalue weighted by Gasteiger charge is 2.21. The molecule has 0 unspecified atom stereocenters. The molecular formula is C12H19NO2S. The van der Waals surface area contributed by atoms with Gasteiger partial charge in [0.05, 0.1) is 23.4 Å². The quantitative estimate of drug-likeness (QED) is 0.880. The van der Waals surface area contributed by atoms with Crippen LogP contribution in [0.25, 0.3) is 0 Å². The minimum absolute atomic E-state index is 0.331. The lowest BCUT2D eigenvalue weighted by Crippen LogP contribution is -2.23. The lowest BCUT2D eigenvalue weighted by atomic mass is 9.88. The molecule has 1 N–H and O–H groups in total. The van der Waals surface area contributed by atoms with E-state index < -0.39 is 0 Å². The molecule has 1 aliphatic carbocycles. The van der Waals surface area contributed by atoms with E-state index in [0.717, 1.165) is 36.4 Å². The Morgan fingerprint density at radius 3 is 2.75 bits per heavy atom. The molecule has 90 valence electrons. The maximum atomic E-state index is 9.04. The summed E-state index contributed by atoms with van der Waals surface area (Å²) in [4.78, 5) is 4.38. The van der Waals surface area contributed by atoms with Gasteiger partial charge in [-0.05, 0) is 38.5 Å². The molecule has 0 aliphatic heterocycles. The van der Waals surface area contributed by atoms with Crippen LogP contribution in [0.1, 0.15) is 36.4 Å². The first-order valence-electron chi connectivity index (χ1n) is 5.91. The average molecular weight is 241 g/mol. The van der Waals surface area contributed by atoms with E-state index in [1.807, 2.05) is 6.92 Å². The number of aliphatic hydroxyl groups excluding tert-OH is 1. The second-order valence-electron chi connectivity index (χ2n) is 4.49. The number of nitrogens with zero attached hydrogens (tertiary/aromatic N) is 1. The highest BCUT2D eigenvalue weighted by molar-refractivity contribution is 7.09. The normalized spacial score (nSPS) is 25.9. The lowest BCUT2D eigenvalue weighted by molar-refractivity contribution is 0.00000699. The van der Waals surface area contributed by atoms with Crippen LogP contribution in [0.5, 0.6) is 0 Å². The number of aromatic nitrogens is 1. The van der Waals surface area contributed by atoms with Gasteiger partial charge in [-0.2, -0.15) is 0 Å². The molecule has 0 bridgehead atoms. The predicted octanol–water partition coefficient (Wildman–Crippen LogP) is 2.52. The summed E-state index contributed by atoms with van der Waals surface area (Å²) in [5.41, 5.74) is 1.05. The number of aliphatic hydroxyl groups is 1. The molecule has 1 aromatic rings. The van der Waals surface area contributed by atoms with Crippen LogP contribution in [0.4, 0.5) is 0 Å². The van der Waals surface area contributed by atoms with E-state index in [4.69, 9.17) is 9.84 Å². The molecule has 1 saturated carbocycles. The SMILES string of the molecule is Cc1nc(COC2CCC(CO)CC2)cs1. The molecule has 0 saturated heterocycles. The van der Waals surface area contributed by atoms with Crippen LogP contribution in [-0.2, 0) is 11.3 Å². The Labute approximate surface area is 100 Å². The molecule has 1 aliphatic rings. The summed E-state index contributed by atoms with van der Waals surface area (Å²) in [5, 5.41) is 12.2. The Kier molecular flexibility index (Phi) is 4.32. The Bertz CT molecular complexity index is 319. The van der Waals surface area contributed by atoms with Gasteiger partial charge in [0.2, 0.25) is 0 Å². The molecule has 4 heteroatoms. The summed E-state index contributed by atoms with van der Waals surface area (Å²) in [7, 11) is 0. The van der Waals surface area contributed by atoms with Crippen LogP contribution in [-0.4, -0.2) is 22.8 Å². The fourth-order valence-corrected chi connectivity index (χ4v) is 2.76. The molecule has 3 nitrogen and oxygen atoms in total. The third kappa shape index (κ3) is 3.27. The van der Waals surface area contributed by atoms with Crippen molar-refractivity contribution in [3.05, 3.63) is 16.1 Å². The van der Waals surface area contributed by atoms with Gasteiger partial charge < -0.3 is 9.84 Å². The van der Waals surface area contributed by atoms with Crippen LogP contribution < -0.4 is 0 Å². The van der Waals surface area contributed by atoms with Crippen LogP contribution in [0.15, 0.2) is 5.38 Å². The molecule has 1 fully saturated rings. The second kappa shape index (κ2) is 5.75. The van der Waals surface area contributed by atoms with Gasteiger partial charge in [-0.25, -0.2) is 4.98 Å². The van der Waals surface area contributed by atoms with Gasteiger partial charge in [-0.15, -0.1) is 11.3 Å². The van der Waals surface area contributed by atoms with E-state index in [1.165, 1.54) is 0 Å². The molecule has 16 heavy (non-hydrogen) atoms. The second-order valence-corrected chi connectivity index (χ2v) is 5.56. The zero-order chi connectivity index (χ0) is 11.4. The maximum Gasteiger partial charge on any atom is 0.0900 e. The van der Waals surface area contributed by atoms with Crippen molar-refractivity contribution >= 4 is 11.3 Å². The molecule has 0 atom stereocenters. The molecule has 0 aromatic carbocycles. The Morgan fingerprint density at radius 1 is 1.44 bits per heavy atom. The lowest BCUT2D eigenvalue weighted by Gasteiger charge is -2.27. The van der Waals surface area contributed by atoms with Crippen molar-refractivity contribution in [2.45, 2.75) is 45.3 Å². The van der Waals surface area contributed by atoms with E-state index in [9.17, 15) is 0 Å². The summed E-state index contributed by atoms with van der Waals surface area (Å²) in [6.45, 7) is 2.98. The van der Waals surface area contributed by atoms with Gasteiger partial charge in [0, 0.05) is 12.0 Å². The fourth-order valence-electron chi connectivity index (χ4n) is 2.16. The summed E-state index contributed by atoms with van der Waals surface area (Å²) in [6, 6.07) is 0. The smallest absolute Gasteiger partial charge is 0.0900 e. The third-order valence-corrected chi connectivity index (χ3v) is 4.01. The predicted molar refractivity (Wildman–Crippen MR) is 64.5 cm³/mol. The average Bonchev–Trinajstić information content (AvgIpc) is 2.73. The highest BCUT2D eigenvalue weighted by atomic mass is 32.1. The first kappa shape index (κ1) is 12.0. The van der Waals surface area contributed by atoms with Crippen LogP contribution >= 0.6 is 11.3 Å². The zero-order valence-electron chi connectivity index (χ0n) is 9.69. The standard InChI is InChI=1S/C12H19NO2S/c1-9-13-11(8-16-9)7-15-12-4-2-10(6-14)3-5-12/h8,10,12,14H,2-7H2,1H3. The summed E-state index contributed by atoms with van der Waals surface area (Å²) < 4.78 is 5.84. The fraction of sp³-hybridized carbons (Fsp3) is 0.750. The number of rotatable bonds is 4. The minimum Gasteiger partial charge on any atom is -0.396 e. The zero-order valence-corrected chi connectivity index (χ0v) is 10.5. The van der Waals surface area contributed by atoms with Crippen molar-refractivity contribution in [2.75, 3.05) is 6.61 Å². The Balaban J connectivity index is 1.71. The number of hydrogen-bond donors (Lipinski definition) is 1. The molecule has 0 spiro atoms. The summed E-state index contributed by atoms with van der Waals surface area (Å²) in [6.07, 6.45) is 4.71. The molecule has 2 rings (SSSR count). The van der Waals surface area contributed by atoms with E-state index in [1.54, 1.807) is 11.3 Å². The van der Waals surface area contributed by atoms with E-state index in [2.05, 4.69) is 10.4 Å². The number of ether oxygens (including phenoxy) is 1. The summed E-state index contributed by atoms with van der Waals surface area (Å²) in [5.74, 6) is 0.501. The van der Waals surface area contributed by atoms with Gasteiger partial charge in [-0.1, -0.05) is 0 Å². The van der Waals surface area contributed by atoms with Crippen molar-refractivity contribution in [2.24, 2.45) is 5.92 Å². The van der Waals surface area contributed by atoms with Gasteiger partial charge in [-0.3, -0.25) is 0 Å². The van der Waals surface area contributed by atoms with Crippen molar-refractivity contribution < 1.29 is 9.84 Å². The molecule has 0 radical (unpaired) electrons. The monoisotopic (exact) mass is 241 g/mol. The van der Waals surface area contributed by atoms with Crippen molar-refractivity contribution in [1.82, 2.24) is 4.98 Å². The van der Waals surface area contributed by atoms with Gasteiger partial charge in [0.25, 0.3) is 0 Å². The Morgan fingerprint density at radius 2 is 2.19 bits per heavy atom. The van der Waals surface area contributed by atoms with E-state index >= 15 is 0 Å². The number of aryl methyl sites for hydroxylation is 1. The van der Waals surface area contributed by atoms with Crippen molar-refractivity contribution in [1.29, 1.82) is 0 Å². The molecule has 0 amide bonds. The Hall–Kier alpha value is -0.450. The van der Waals surface area contributed by atoms with E-state index in [0.29, 0.717) is 25.2 Å². The molecule has 1 heterocycles. The van der Waals surface area contributed by atoms with Gasteiger partial charge in [0.1, 0.15) is 0 Å². The number of hydrogen-bond acceptors (Lipinski definition) is 4. The van der Waals surface area contributed by atoms with Crippen LogP contribution in [0.3, 0.4) is 0 Å². The first-order valence-corrected chi connectivity index (χ1v) is 6.79. The maximum absolute atomic E-state index is 9.04. The summed E-state index contributed by atoms with van der Waals surface area (Å²) >= 11 is 1.67. The molecular weight excluding hydrogens is 222 g/mol. The number of thiazole rings is 1. The van der Waals surface area contributed by atoms with Crippen molar-refractivity contribution in [3.63, 3.8) is 0 Å². The van der Waals surface area contributed by atoms with Crippen LogP contribution in [0, 0.1) is 12.8 Å². The minimum atomic E-state index is 0.331. The van der Waals surface area contributed by atoms with E-state index in [-0.39, 0.29) is 0 Å². The largest absolute Gasteiger partial charge is 0.396 e. The van der Waals surface area contributed by atoms with Gasteiger partial charge >= 0.3 is 0 Å². The van der Waals surface area contributed by atoms with Crippen LogP contribution in [0.2, 0.25) is 0 Å². The van der Waals surface area contributed by atoms with Crippen molar-refractivity contribution in [3.8, 4) is 0 Å².